The van der Waals surface area contributed by atoms with Crippen LogP contribution < -0.4 is 16.0 Å². The minimum atomic E-state index is -0.857. The Balaban J connectivity index is 2.64. The minimum Gasteiger partial charge on any atom is -0.493 e. The Kier molecular flexibility index (Phi) is 6.92. The molecule has 0 bridgehead atoms. The Morgan fingerprint density at radius 1 is 1.21 bits per heavy atom. The number of primary amides is 1. The number of nitrogens with zero attached hydrogens (tertiary/aromatic N) is 2. The molecule has 0 atom stereocenters. The molecule has 0 radical (unpaired) electrons. The van der Waals surface area contributed by atoms with Gasteiger partial charge in [-0.15, -0.1) is 0 Å². The minimum absolute atomic E-state index is 0.211. The van der Waals surface area contributed by atoms with E-state index in [4.69, 9.17) is 10.5 Å². The summed E-state index contributed by atoms with van der Waals surface area (Å²) in [6.45, 7) is 6.28. The number of benzene rings is 1. The van der Waals surface area contributed by atoms with Gasteiger partial charge in [0.15, 0.2) is 0 Å². The summed E-state index contributed by atoms with van der Waals surface area (Å²) in [4.78, 5) is 44.5. The number of ether oxygens (including phenoxy) is 1. The molecule has 0 saturated carbocycles. The quantitative estimate of drug-likeness (QED) is 0.758. The molecule has 0 saturated heterocycles. The van der Waals surface area contributed by atoms with Crippen LogP contribution in [0.4, 0.5) is 4.79 Å². The molecular weight excluding hydrogens is 360 g/mol. The van der Waals surface area contributed by atoms with Crippen molar-refractivity contribution in [2.24, 2.45) is 5.73 Å². The second kappa shape index (κ2) is 9.16. The van der Waals surface area contributed by atoms with Crippen molar-refractivity contribution in [2.75, 3.05) is 13.7 Å². The maximum absolute atomic E-state index is 12.5. The van der Waals surface area contributed by atoms with Crippen molar-refractivity contribution in [1.29, 1.82) is 0 Å². The fourth-order valence-corrected chi connectivity index (χ4v) is 2.81. The first-order chi connectivity index (χ1) is 13.3. The molecule has 8 nitrogen and oxygen atoms in total. The van der Waals surface area contributed by atoms with Gasteiger partial charge < -0.3 is 15.5 Å². The third-order valence-electron chi connectivity index (χ3n) is 4.37. The molecule has 0 aliphatic carbocycles. The predicted molar refractivity (Wildman–Crippen MR) is 107 cm³/mol. The zero-order valence-electron chi connectivity index (χ0n) is 16.7. The van der Waals surface area contributed by atoms with Crippen LogP contribution in [0.1, 0.15) is 48.8 Å². The molecule has 1 aromatic heterocycles. The van der Waals surface area contributed by atoms with Gasteiger partial charge in [-0.2, -0.15) is 0 Å². The zero-order valence-corrected chi connectivity index (χ0v) is 16.7. The van der Waals surface area contributed by atoms with Crippen LogP contribution in [0.15, 0.2) is 23.0 Å². The Bertz CT molecular complexity index is 936. The highest BCUT2D eigenvalue weighted by Gasteiger charge is 2.20. The molecule has 28 heavy (non-hydrogen) atoms. The van der Waals surface area contributed by atoms with Crippen molar-refractivity contribution < 1.29 is 14.3 Å². The van der Waals surface area contributed by atoms with E-state index in [0.29, 0.717) is 47.8 Å². The predicted octanol–water partition coefficient (Wildman–Crippen LogP) is 2.50. The van der Waals surface area contributed by atoms with Gasteiger partial charge in [0.2, 0.25) is 0 Å². The lowest BCUT2D eigenvalue weighted by Gasteiger charge is -2.16. The van der Waals surface area contributed by atoms with Gasteiger partial charge in [-0.1, -0.05) is 20.8 Å². The first-order valence-electron chi connectivity index (χ1n) is 9.30. The first-order valence-corrected chi connectivity index (χ1v) is 9.30. The van der Waals surface area contributed by atoms with Crippen LogP contribution in [0.3, 0.4) is 0 Å². The van der Waals surface area contributed by atoms with Gasteiger partial charge in [-0.05, 0) is 37.5 Å². The van der Waals surface area contributed by atoms with Crippen molar-refractivity contribution >= 4 is 11.9 Å². The summed E-state index contributed by atoms with van der Waals surface area (Å²) in [6, 6.07) is 3.88. The molecule has 1 heterocycles. The Labute approximate surface area is 163 Å². The standard InChI is InChI=1S/C20H26N4O4/c1-5-10-28-16-9-8-12(19(26)24(4)20(21)27)11-14(16)17-22-15(7-3)13(6-2)18(25)23-17/h8-9,11H,5-7,10H2,1-4H3,(H2,21,27)(H,22,23,25). The summed E-state index contributed by atoms with van der Waals surface area (Å²) in [7, 11) is 1.30. The monoisotopic (exact) mass is 386 g/mol. The van der Waals surface area contributed by atoms with Crippen LogP contribution in [0, 0.1) is 0 Å². The van der Waals surface area contributed by atoms with Crippen molar-refractivity contribution in [3.8, 4) is 17.1 Å². The van der Waals surface area contributed by atoms with E-state index in [1.807, 2.05) is 20.8 Å². The van der Waals surface area contributed by atoms with Crippen LogP contribution in [0.5, 0.6) is 5.75 Å². The number of carbonyl (C=O) groups excluding carboxylic acids is 2. The highest BCUT2D eigenvalue weighted by molar-refractivity contribution is 6.04. The summed E-state index contributed by atoms with van der Waals surface area (Å²) in [5.74, 6) is 0.259. The normalized spacial score (nSPS) is 10.6. The van der Waals surface area contributed by atoms with E-state index in [-0.39, 0.29) is 11.1 Å². The van der Waals surface area contributed by atoms with Gasteiger partial charge in [0.25, 0.3) is 11.5 Å². The summed E-state index contributed by atoms with van der Waals surface area (Å²) in [6.07, 6.45) is 1.98. The number of nitrogens with one attached hydrogen (secondary N) is 1. The number of nitrogens with two attached hydrogens (primary N) is 1. The number of hydrogen-bond acceptors (Lipinski definition) is 5. The first kappa shape index (κ1) is 21.1. The number of aryl methyl sites for hydroxylation is 1. The van der Waals surface area contributed by atoms with Gasteiger partial charge in [-0.3, -0.25) is 14.5 Å². The number of aromatic nitrogens is 2. The topological polar surface area (TPSA) is 118 Å². The lowest BCUT2D eigenvalue weighted by atomic mass is 10.1. The molecular formula is C20H26N4O4. The van der Waals surface area contributed by atoms with Gasteiger partial charge in [0, 0.05) is 18.2 Å². The summed E-state index contributed by atoms with van der Waals surface area (Å²) >= 11 is 0. The van der Waals surface area contributed by atoms with E-state index in [9.17, 15) is 14.4 Å². The molecule has 8 heteroatoms. The fraction of sp³-hybridized carbons (Fsp3) is 0.400. The van der Waals surface area contributed by atoms with Gasteiger partial charge >= 0.3 is 6.03 Å². The number of imide groups is 1. The van der Waals surface area contributed by atoms with E-state index in [1.54, 1.807) is 18.2 Å². The van der Waals surface area contributed by atoms with Crippen LogP contribution >= 0.6 is 0 Å². The molecule has 0 unspecified atom stereocenters. The maximum atomic E-state index is 12.5. The molecule has 1 aromatic carbocycles. The largest absolute Gasteiger partial charge is 0.493 e. The Morgan fingerprint density at radius 2 is 1.93 bits per heavy atom. The van der Waals surface area contributed by atoms with Gasteiger partial charge in [0.05, 0.1) is 17.9 Å². The average Bonchev–Trinajstić information content (AvgIpc) is 2.70. The van der Waals surface area contributed by atoms with E-state index >= 15 is 0 Å². The third-order valence-corrected chi connectivity index (χ3v) is 4.37. The third kappa shape index (κ3) is 4.39. The zero-order chi connectivity index (χ0) is 20.8. The molecule has 0 spiro atoms. The fourth-order valence-electron chi connectivity index (χ4n) is 2.81. The average molecular weight is 386 g/mol. The van der Waals surface area contributed by atoms with Crippen molar-refractivity contribution in [1.82, 2.24) is 14.9 Å². The number of carbonyl (C=O) groups is 2. The molecule has 0 aliphatic heterocycles. The van der Waals surface area contributed by atoms with Crippen molar-refractivity contribution in [3.05, 3.63) is 45.4 Å². The van der Waals surface area contributed by atoms with Crippen LogP contribution in [0.25, 0.3) is 11.4 Å². The van der Waals surface area contributed by atoms with Gasteiger partial charge in [0.1, 0.15) is 11.6 Å². The second-order valence-electron chi connectivity index (χ2n) is 6.31. The van der Waals surface area contributed by atoms with Crippen LogP contribution in [-0.4, -0.2) is 40.5 Å². The number of aromatic amines is 1. The van der Waals surface area contributed by atoms with Crippen molar-refractivity contribution in [2.45, 2.75) is 40.0 Å². The molecule has 0 fully saturated rings. The molecule has 2 aromatic rings. The Morgan fingerprint density at radius 3 is 2.50 bits per heavy atom. The van der Waals surface area contributed by atoms with E-state index < -0.39 is 11.9 Å². The molecule has 3 amide bonds. The van der Waals surface area contributed by atoms with Gasteiger partial charge in [-0.25, -0.2) is 9.78 Å². The van der Waals surface area contributed by atoms with E-state index in [1.165, 1.54) is 7.05 Å². The maximum Gasteiger partial charge on any atom is 0.321 e. The lowest BCUT2D eigenvalue weighted by Crippen LogP contribution is -2.37. The number of hydrogen-bond donors (Lipinski definition) is 2. The van der Waals surface area contributed by atoms with E-state index in [2.05, 4.69) is 9.97 Å². The molecule has 150 valence electrons. The molecule has 2 rings (SSSR count). The number of urea groups is 1. The second-order valence-corrected chi connectivity index (χ2v) is 6.31. The highest BCUT2D eigenvalue weighted by atomic mass is 16.5. The lowest BCUT2D eigenvalue weighted by molar-refractivity contribution is 0.0838. The number of amides is 3. The van der Waals surface area contributed by atoms with Crippen molar-refractivity contribution in [3.63, 3.8) is 0 Å². The SMILES string of the molecule is CCCOc1ccc(C(=O)N(C)C(N)=O)cc1-c1nc(CC)c(CC)c(=O)[nH]1. The van der Waals surface area contributed by atoms with E-state index in [0.717, 1.165) is 11.3 Å². The number of rotatable bonds is 7. The summed E-state index contributed by atoms with van der Waals surface area (Å²) < 4.78 is 5.77. The smallest absolute Gasteiger partial charge is 0.321 e. The number of H-pyrrole nitrogens is 1. The Hall–Kier alpha value is -3.16. The highest BCUT2D eigenvalue weighted by Crippen LogP contribution is 2.29. The molecule has 0 aliphatic rings. The molecule has 3 N–H and O–H groups in total. The van der Waals surface area contributed by atoms with Crippen LogP contribution in [-0.2, 0) is 12.8 Å². The summed E-state index contributed by atoms with van der Waals surface area (Å²) in [5, 5.41) is 0. The summed E-state index contributed by atoms with van der Waals surface area (Å²) in [5.41, 5.74) is 7.04. The van der Waals surface area contributed by atoms with Crippen LogP contribution in [0.2, 0.25) is 0 Å².